The Morgan fingerprint density at radius 3 is 2.85 bits per heavy atom. The Morgan fingerprint density at radius 2 is 2.15 bits per heavy atom. The fourth-order valence-corrected chi connectivity index (χ4v) is 3.56. The van der Waals surface area contributed by atoms with Crippen molar-refractivity contribution in [3.05, 3.63) is 11.6 Å². The van der Waals surface area contributed by atoms with Crippen molar-refractivity contribution in [1.82, 2.24) is 9.80 Å². The normalized spacial score (nSPS) is 28.4. The van der Waals surface area contributed by atoms with Gasteiger partial charge in [-0.15, -0.1) is 0 Å². The molecular formula is C16H28N2O2. The number of amides is 1. The van der Waals surface area contributed by atoms with Crippen molar-refractivity contribution < 1.29 is 9.53 Å². The summed E-state index contributed by atoms with van der Waals surface area (Å²) in [6, 6.07) is 0.658. The molecule has 2 aliphatic rings. The first-order chi connectivity index (χ1) is 9.65. The van der Waals surface area contributed by atoms with E-state index in [9.17, 15) is 4.79 Å². The lowest BCUT2D eigenvalue weighted by Crippen LogP contribution is -2.55. The van der Waals surface area contributed by atoms with Gasteiger partial charge in [-0.3, -0.25) is 9.69 Å². The van der Waals surface area contributed by atoms with Crippen LogP contribution in [-0.4, -0.2) is 61.6 Å². The lowest BCUT2D eigenvalue weighted by Gasteiger charge is -2.47. The number of nitrogens with zero attached hydrogens (tertiary/aromatic N) is 2. The van der Waals surface area contributed by atoms with Gasteiger partial charge in [-0.05, 0) is 45.6 Å². The quantitative estimate of drug-likeness (QED) is 0.738. The molecular weight excluding hydrogens is 252 g/mol. The van der Waals surface area contributed by atoms with Crippen molar-refractivity contribution in [3.8, 4) is 0 Å². The van der Waals surface area contributed by atoms with E-state index in [4.69, 9.17) is 4.74 Å². The van der Waals surface area contributed by atoms with Crippen molar-refractivity contribution in [2.24, 2.45) is 5.92 Å². The van der Waals surface area contributed by atoms with Gasteiger partial charge in [-0.25, -0.2) is 0 Å². The summed E-state index contributed by atoms with van der Waals surface area (Å²) >= 11 is 0. The fraction of sp³-hybridized carbons (Fsp3) is 0.812. The molecule has 2 rings (SSSR count). The first-order valence-corrected chi connectivity index (χ1v) is 7.78. The highest BCUT2D eigenvalue weighted by atomic mass is 16.5. The molecule has 0 aromatic rings. The minimum atomic E-state index is 0.146. The van der Waals surface area contributed by atoms with Crippen LogP contribution in [-0.2, 0) is 9.53 Å². The number of carbonyl (C=O) groups is 1. The molecule has 0 saturated carbocycles. The number of rotatable bonds is 4. The zero-order chi connectivity index (χ0) is 14.5. The molecule has 2 aliphatic heterocycles. The van der Waals surface area contributed by atoms with Gasteiger partial charge in [-0.1, -0.05) is 11.6 Å². The smallest absolute Gasteiger partial charge is 0.248 e. The number of piperidine rings is 2. The van der Waals surface area contributed by atoms with Crippen LogP contribution in [0.3, 0.4) is 0 Å². The van der Waals surface area contributed by atoms with Crippen LogP contribution in [0.4, 0.5) is 0 Å². The van der Waals surface area contributed by atoms with Crippen LogP contribution < -0.4 is 0 Å². The molecule has 2 heterocycles. The van der Waals surface area contributed by atoms with Crippen LogP contribution in [0.15, 0.2) is 11.6 Å². The van der Waals surface area contributed by atoms with E-state index in [1.165, 1.54) is 25.0 Å². The third-order valence-corrected chi connectivity index (χ3v) is 4.75. The second-order valence-electron chi connectivity index (χ2n) is 6.14. The Bertz CT molecular complexity index is 367. The van der Waals surface area contributed by atoms with E-state index in [0.717, 1.165) is 26.1 Å². The second kappa shape index (κ2) is 7.23. The first-order valence-electron chi connectivity index (χ1n) is 7.78. The summed E-state index contributed by atoms with van der Waals surface area (Å²) < 4.78 is 4.97. The molecule has 2 saturated heterocycles. The summed E-state index contributed by atoms with van der Waals surface area (Å²) in [4.78, 5) is 16.6. The van der Waals surface area contributed by atoms with Crippen molar-refractivity contribution in [3.63, 3.8) is 0 Å². The topological polar surface area (TPSA) is 32.8 Å². The molecule has 0 bridgehead atoms. The van der Waals surface area contributed by atoms with Crippen molar-refractivity contribution in [2.75, 3.05) is 39.9 Å². The van der Waals surface area contributed by atoms with E-state index in [0.29, 0.717) is 12.0 Å². The Balaban J connectivity index is 1.95. The van der Waals surface area contributed by atoms with Crippen LogP contribution >= 0.6 is 0 Å². The van der Waals surface area contributed by atoms with Crippen LogP contribution in [0.25, 0.3) is 0 Å². The predicted octanol–water partition coefficient (Wildman–Crippen LogP) is 1.91. The lowest BCUT2D eigenvalue weighted by atomic mass is 9.83. The summed E-state index contributed by atoms with van der Waals surface area (Å²) in [5.74, 6) is 0.788. The second-order valence-corrected chi connectivity index (χ2v) is 6.14. The highest BCUT2D eigenvalue weighted by Gasteiger charge is 2.36. The van der Waals surface area contributed by atoms with Gasteiger partial charge in [-0.2, -0.15) is 0 Å². The van der Waals surface area contributed by atoms with Crippen molar-refractivity contribution in [1.29, 1.82) is 0 Å². The predicted molar refractivity (Wildman–Crippen MR) is 80.6 cm³/mol. The molecule has 1 amide bonds. The molecule has 4 nitrogen and oxygen atoms in total. The van der Waals surface area contributed by atoms with Gasteiger partial charge < -0.3 is 9.64 Å². The van der Waals surface area contributed by atoms with Crippen LogP contribution in [0.1, 0.15) is 33.1 Å². The molecule has 0 radical (unpaired) electrons. The van der Waals surface area contributed by atoms with E-state index < -0.39 is 0 Å². The maximum Gasteiger partial charge on any atom is 0.248 e. The average Bonchev–Trinajstić information content (AvgIpc) is 2.47. The molecule has 114 valence electrons. The molecule has 0 aromatic heterocycles. The number of hydrogen-bond donors (Lipinski definition) is 0. The third kappa shape index (κ3) is 3.61. The van der Waals surface area contributed by atoms with Gasteiger partial charge in [0.2, 0.25) is 5.91 Å². The van der Waals surface area contributed by atoms with E-state index in [1.807, 2.05) is 4.90 Å². The Morgan fingerprint density at radius 1 is 1.35 bits per heavy atom. The Kier molecular flexibility index (Phi) is 5.61. The Labute approximate surface area is 122 Å². The molecule has 0 aromatic carbocycles. The number of ether oxygens (including phenoxy) is 1. The number of allylic oxidation sites excluding steroid dienone is 1. The summed E-state index contributed by atoms with van der Waals surface area (Å²) in [5, 5.41) is 0. The number of fused-ring (bicyclic) bond motifs is 1. The summed E-state index contributed by atoms with van der Waals surface area (Å²) in [5.41, 5.74) is 1.45. The molecule has 2 atom stereocenters. The fourth-order valence-electron chi connectivity index (χ4n) is 3.56. The summed E-state index contributed by atoms with van der Waals surface area (Å²) in [6.07, 6.45) is 5.83. The molecule has 2 fully saturated rings. The molecule has 0 aliphatic carbocycles. The first kappa shape index (κ1) is 15.5. The van der Waals surface area contributed by atoms with E-state index in [1.54, 1.807) is 7.11 Å². The van der Waals surface area contributed by atoms with Gasteiger partial charge in [0.25, 0.3) is 0 Å². The van der Waals surface area contributed by atoms with Gasteiger partial charge in [0.15, 0.2) is 0 Å². The van der Waals surface area contributed by atoms with E-state index >= 15 is 0 Å². The zero-order valence-corrected chi connectivity index (χ0v) is 13.1. The molecule has 0 spiro atoms. The highest BCUT2D eigenvalue weighted by Crippen LogP contribution is 2.31. The standard InChI is InChI=1S/C16H28N2O2/c1-4-13(2)10-17-8-5-6-14-11-18(9-7-15(14)17)16(19)12-20-3/h4,14-15H,5-12H2,1-3H3/t14-,15+/m1/s1. The van der Waals surface area contributed by atoms with Crippen LogP contribution in [0.2, 0.25) is 0 Å². The van der Waals surface area contributed by atoms with Gasteiger partial charge >= 0.3 is 0 Å². The zero-order valence-electron chi connectivity index (χ0n) is 13.1. The largest absolute Gasteiger partial charge is 0.375 e. The number of methoxy groups -OCH3 is 1. The minimum absolute atomic E-state index is 0.146. The molecule has 0 unspecified atom stereocenters. The lowest BCUT2D eigenvalue weighted by molar-refractivity contribution is -0.138. The highest BCUT2D eigenvalue weighted by molar-refractivity contribution is 5.77. The van der Waals surface area contributed by atoms with E-state index in [-0.39, 0.29) is 12.5 Å². The number of hydrogen-bond acceptors (Lipinski definition) is 3. The summed E-state index contributed by atoms with van der Waals surface area (Å²) in [6.45, 7) is 8.64. The molecule has 0 N–H and O–H groups in total. The van der Waals surface area contributed by atoms with E-state index in [2.05, 4.69) is 24.8 Å². The monoisotopic (exact) mass is 280 g/mol. The van der Waals surface area contributed by atoms with Crippen molar-refractivity contribution >= 4 is 5.91 Å². The maximum atomic E-state index is 12.0. The summed E-state index contributed by atoms with van der Waals surface area (Å²) in [7, 11) is 1.59. The maximum absolute atomic E-state index is 12.0. The Hall–Kier alpha value is -0.870. The number of likely N-dealkylation sites (tertiary alicyclic amines) is 2. The van der Waals surface area contributed by atoms with Crippen LogP contribution in [0, 0.1) is 5.92 Å². The molecule has 4 heteroatoms. The van der Waals surface area contributed by atoms with Gasteiger partial charge in [0, 0.05) is 32.8 Å². The molecule has 20 heavy (non-hydrogen) atoms. The van der Waals surface area contributed by atoms with Crippen molar-refractivity contribution in [2.45, 2.75) is 39.2 Å². The minimum Gasteiger partial charge on any atom is -0.375 e. The average molecular weight is 280 g/mol. The third-order valence-electron chi connectivity index (χ3n) is 4.75. The van der Waals surface area contributed by atoms with Crippen LogP contribution in [0.5, 0.6) is 0 Å². The van der Waals surface area contributed by atoms with Gasteiger partial charge in [0.1, 0.15) is 6.61 Å². The SMILES string of the molecule is CC=C(C)CN1CCC[C@@H]2CN(C(=O)COC)CC[C@@H]21. The number of carbonyl (C=O) groups excluding carboxylic acids is 1. The van der Waals surface area contributed by atoms with Gasteiger partial charge in [0.05, 0.1) is 0 Å².